The second-order valence-corrected chi connectivity index (χ2v) is 6.01. The monoisotopic (exact) mass is 290 g/mol. The van der Waals surface area contributed by atoms with Gasteiger partial charge in [0.15, 0.2) is 5.84 Å². The summed E-state index contributed by atoms with van der Waals surface area (Å²) in [5.74, 6) is 1.07. The lowest BCUT2D eigenvalue weighted by molar-refractivity contribution is 0.0906. The molecule has 1 aliphatic carbocycles. The van der Waals surface area contributed by atoms with E-state index >= 15 is 0 Å². The summed E-state index contributed by atoms with van der Waals surface area (Å²) in [6.45, 7) is 4.44. The van der Waals surface area contributed by atoms with E-state index in [1.54, 1.807) is 12.1 Å². The van der Waals surface area contributed by atoms with E-state index in [1.807, 2.05) is 0 Å². The maximum atomic E-state index is 12.2. The molecular weight excluding hydrogens is 268 g/mol. The molecule has 0 spiro atoms. The molecule has 0 saturated heterocycles. The van der Waals surface area contributed by atoms with Crippen LogP contribution in [0.4, 0.5) is 0 Å². The highest BCUT2D eigenvalue weighted by Crippen LogP contribution is 2.28. The van der Waals surface area contributed by atoms with Crippen LogP contribution in [0.2, 0.25) is 0 Å². The molecular formula is C15H22N4O2. The molecule has 1 aromatic heterocycles. The topological polar surface area (TPSA) is 101 Å². The molecule has 1 aromatic rings. The fourth-order valence-electron chi connectivity index (χ4n) is 3.06. The van der Waals surface area contributed by atoms with Crippen LogP contribution in [0.3, 0.4) is 0 Å². The Kier molecular flexibility index (Phi) is 4.77. The zero-order chi connectivity index (χ0) is 15.4. The van der Waals surface area contributed by atoms with Crippen LogP contribution in [-0.2, 0) is 0 Å². The Labute approximate surface area is 124 Å². The van der Waals surface area contributed by atoms with Crippen molar-refractivity contribution in [2.45, 2.75) is 39.2 Å². The number of nitrogens with two attached hydrogens (primary N) is 1. The van der Waals surface area contributed by atoms with Gasteiger partial charge in [0.1, 0.15) is 5.69 Å². The molecule has 1 amide bonds. The standard InChI is InChI=1S/C15H22N4O2/c1-9-5-10(2)7-12(6-9)18-15(20)13-4-3-11(8-17-13)14(16)19-21/h3-4,8-10,12,21H,5-7H2,1-2H3,(H2,16,19)(H,18,20). The van der Waals surface area contributed by atoms with Gasteiger partial charge in [-0.2, -0.15) is 0 Å². The van der Waals surface area contributed by atoms with Crippen LogP contribution in [0.5, 0.6) is 0 Å². The van der Waals surface area contributed by atoms with Crippen LogP contribution < -0.4 is 11.1 Å². The van der Waals surface area contributed by atoms with Crippen LogP contribution in [0, 0.1) is 11.8 Å². The first kappa shape index (κ1) is 15.3. The van der Waals surface area contributed by atoms with Crippen LogP contribution >= 0.6 is 0 Å². The lowest BCUT2D eigenvalue weighted by atomic mass is 9.80. The van der Waals surface area contributed by atoms with E-state index in [0.29, 0.717) is 23.1 Å². The van der Waals surface area contributed by atoms with Gasteiger partial charge in [-0.25, -0.2) is 0 Å². The van der Waals surface area contributed by atoms with E-state index in [1.165, 1.54) is 12.6 Å². The van der Waals surface area contributed by atoms with E-state index in [9.17, 15) is 4.79 Å². The van der Waals surface area contributed by atoms with Gasteiger partial charge in [-0.05, 0) is 43.2 Å². The van der Waals surface area contributed by atoms with Crippen molar-refractivity contribution < 1.29 is 10.0 Å². The molecule has 2 unspecified atom stereocenters. The predicted molar refractivity (Wildman–Crippen MR) is 80.2 cm³/mol. The third-order valence-electron chi connectivity index (χ3n) is 3.91. The maximum absolute atomic E-state index is 12.2. The van der Waals surface area contributed by atoms with Crippen molar-refractivity contribution in [3.05, 3.63) is 29.6 Å². The summed E-state index contributed by atoms with van der Waals surface area (Å²) in [6, 6.07) is 3.41. The number of carbonyl (C=O) groups is 1. The Morgan fingerprint density at radius 3 is 2.52 bits per heavy atom. The molecule has 21 heavy (non-hydrogen) atoms. The van der Waals surface area contributed by atoms with Gasteiger partial charge >= 0.3 is 0 Å². The second-order valence-electron chi connectivity index (χ2n) is 6.01. The molecule has 0 aliphatic heterocycles. The highest BCUT2D eigenvalue weighted by atomic mass is 16.4. The Hall–Kier alpha value is -2.11. The SMILES string of the molecule is CC1CC(C)CC(NC(=O)c2ccc(C(N)=NO)cn2)C1. The molecule has 4 N–H and O–H groups in total. The van der Waals surface area contributed by atoms with Crippen molar-refractivity contribution in [1.82, 2.24) is 10.3 Å². The summed E-state index contributed by atoms with van der Waals surface area (Å²) in [5, 5.41) is 14.5. The predicted octanol–water partition coefficient (Wildman–Crippen LogP) is 1.73. The molecule has 0 radical (unpaired) electrons. The molecule has 0 bridgehead atoms. The van der Waals surface area contributed by atoms with Crippen LogP contribution in [0.25, 0.3) is 0 Å². The molecule has 6 heteroatoms. The van der Waals surface area contributed by atoms with Crippen molar-refractivity contribution in [1.29, 1.82) is 0 Å². The number of carbonyl (C=O) groups excluding carboxylic acids is 1. The zero-order valence-corrected chi connectivity index (χ0v) is 12.4. The summed E-state index contributed by atoms with van der Waals surface area (Å²) < 4.78 is 0. The van der Waals surface area contributed by atoms with E-state index in [0.717, 1.165) is 12.8 Å². The number of aromatic nitrogens is 1. The molecule has 2 rings (SSSR count). The molecule has 114 valence electrons. The Balaban J connectivity index is 2.00. The third-order valence-corrected chi connectivity index (χ3v) is 3.91. The largest absolute Gasteiger partial charge is 0.409 e. The number of amides is 1. The Bertz CT molecular complexity index is 517. The molecule has 0 aromatic carbocycles. The average Bonchev–Trinajstić information content (AvgIpc) is 2.45. The Morgan fingerprint density at radius 1 is 1.33 bits per heavy atom. The molecule has 2 atom stereocenters. The highest BCUT2D eigenvalue weighted by Gasteiger charge is 2.25. The average molecular weight is 290 g/mol. The minimum atomic E-state index is -0.174. The number of nitrogens with one attached hydrogen (secondary N) is 1. The van der Waals surface area contributed by atoms with E-state index in [4.69, 9.17) is 10.9 Å². The number of pyridine rings is 1. The fraction of sp³-hybridized carbons (Fsp3) is 0.533. The quantitative estimate of drug-likeness (QED) is 0.341. The first-order valence-corrected chi connectivity index (χ1v) is 7.24. The fourth-order valence-corrected chi connectivity index (χ4v) is 3.06. The van der Waals surface area contributed by atoms with Gasteiger partial charge < -0.3 is 16.3 Å². The second kappa shape index (κ2) is 6.56. The first-order chi connectivity index (χ1) is 9.99. The summed E-state index contributed by atoms with van der Waals surface area (Å²) >= 11 is 0. The van der Waals surface area contributed by atoms with Crippen molar-refractivity contribution in [2.24, 2.45) is 22.7 Å². The number of oxime groups is 1. The number of amidine groups is 1. The van der Waals surface area contributed by atoms with Gasteiger partial charge in [0, 0.05) is 17.8 Å². The first-order valence-electron chi connectivity index (χ1n) is 7.24. The smallest absolute Gasteiger partial charge is 0.270 e. The van der Waals surface area contributed by atoms with Gasteiger partial charge in [-0.15, -0.1) is 0 Å². The van der Waals surface area contributed by atoms with Gasteiger partial charge in [-0.1, -0.05) is 19.0 Å². The van der Waals surface area contributed by atoms with Gasteiger partial charge in [-0.3, -0.25) is 9.78 Å². The summed E-state index contributed by atoms with van der Waals surface area (Å²) in [5.41, 5.74) is 6.28. The third kappa shape index (κ3) is 3.93. The van der Waals surface area contributed by atoms with Crippen molar-refractivity contribution in [2.75, 3.05) is 0 Å². The molecule has 6 nitrogen and oxygen atoms in total. The molecule has 1 fully saturated rings. The number of rotatable bonds is 3. The zero-order valence-electron chi connectivity index (χ0n) is 12.4. The minimum Gasteiger partial charge on any atom is -0.409 e. The van der Waals surface area contributed by atoms with E-state index in [2.05, 4.69) is 29.3 Å². The van der Waals surface area contributed by atoms with Crippen molar-refractivity contribution in [3.8, 4) is 0 Å². The normalized spacial score (nSPS) is 26.4. The lowest BCUT2D eigenvalue weighted by Crippen LogP contribution is -2.40. The summed E-state index contributed by atoms with van der Waals surface area (Å²) in [6.07, 6.45) is 4.67. The van der Waals surface area contributed by atoms with Crippen molar-refractivity contribution >= 4 is 11.7 Å². The van der Waals surface area contributed by atoms with Crippen molar-refractivity contribution in [3.63, 3.8) is 0 Å². The van der Waals surface area contributed by atoms with Crippen LogP contribution in [-0.4, -0.2) is 28.0 Å². The highest BCUT2D eigenvalue weighted by molar-refractivity contribution is 5.98. The minimum absolute atomic E-state index is 0.0237. The number of hydrogen-bond acceptors (Lipinski definition) is 4. The van der Waals surface area contributed by atoms with Gasteiger partial charge in [0.25, 0.3) is 5.91 Å². The number of hydrogen-bond donors (Lipinski definition) is 3. The van der Waals surface area contributed by atoms with E-state index < -0.39 is 0 Å². The van der Waals surface area contributed by atoms with E-state index in [-0.39, 0.29) is 17.8 Å². The summed E-state index contributed by atoms with van der Waals surface area (Å²) in [4.78, 5) is 16.3. The van der Waals surface area contributed by atoms with Crippen LogP contribution in [0.1, 0.15) is 49.2 Å². The Morgan fingerprint density at radius 2 is 2.00 bits per heavy atom. The number of nitrogens with zero attached hydrogens (tertiary/aromatic N) is 2. The lowest BCUT2D eigenvalue weighted by Gasteiger charge is -2.31. The molecule has 1 heterocycles. The molecule has 1 aliphatic rings. The maximum Gasteiger partial charge on any atom is 0.270 e. The van der Waals surface area contributed by atoms with Crippen LogP contribution in [0.15, 0.2) is 23.5 Å². The van der Waals surface area contributed by atoms with Gasteiger partial charge in [0.2, 0.25) is 0 Å². The van der Waals surface area contributed by atoms with Gasteiger partial charge in [0.05, 0.1) is 0 Å². The summed E-state index contributed by atoms with van der Waals surface area (Å²) in [7, 11) is 0. The molecule has 1 saturated carbocycles.